The van der Waals surface area contributed by atoms with Gasteiger partial charge in [0.25, 0.3) is 0 Å². The number of hydrogen-bond acceptors (Lipinski definition) is 2. The second-order valence-corrected chi connectivity index (χ2v) is 9.01. The number of nitrogens with one attached hydrogen (secondary N) is 1. The fraction of sp³-hybridized carbons (Fsp3) is 0.310. The molecule has 3 aromatic rings. The summed E-state index contributed by atoms with van der Waals surface area (Å²) in [5.74, 6) is -0.581. The minimum absolute atomic E-state index is 0.126. The van der Waals surface area contributed by atoms with Crippen LogP contribution in [0, 0.1) is 5.82 Å². The van der Waals surface area contributed by atoms with Crippen molar-refractivity contribution in [3.63, 3.8) is 0 Å². The number of carbonyl (C=O) groups is 2. The van der Waals surface area contributed by atoms with Crippen molar-refractivity contribution < 1.29 is 14.0 Å². The van der Waals surface area contributed by atoms with Gasteiger partial charge in [-0.1, -0.05) is 85.6 Å². The van der Waals surface area contributed by atoms with Gasteiger partial charge in [-0.3, -0.25) is 9.59 Å². The van der Waals surface area contributed by atoms with Crippen LogP contribution < -0.4 is 5.32 Å². The van der Waals surface area contributed by atoms with Crippen molar-refractivity contribution in [3.8, 4) is 0 Å². The van der Waals surface area contributed by atoms with Gasteiger partial charge < -0.3 is 10.2 Å². The van der Waals surface area contributed by atoms with Crippen molar-refractivity contribution in [2.45, 2.75) is 57.2 Å². The molecule has 3 aromatic carbocycles. The Morgan fingerprint density at radius 3 is 2.03 bits per heavy atom. The molecule has 0 saturated heterocycles. The molecule has 0 aromatic heterocycles. The number of benzene rings is 3. The number of nitrogens with zero attached hydrogens (tertiary/aromatic N) is 1. The van der Waals surface area contributed by atoms with Gasteiger partial charge in [0.05, 0.1) is 6.42 Å². The van der Waals surface area contributed by atoms with Crippen molar-refractivity contribution in [3.05, 3.63) is 107 Å². The first kappa shape index (κ1) is 23.7. The molecular formula is C29H31FN2O2. The number of halogens is 1. The van der Waals surface area contributed by atoms with Crippen LogP contribution in [0.2, 0.25) is 0 Å². The average molecular weight is 459 g/mol. The summed E-state index contributed by atoms with van der Waals surface area (Å²) in [6, 6.07) is 25.0. The number of hydrogen-bond donors (Lipinski definition) is 1. The van der Waals surface area contributed by atoms with E-state index in [4.69, 9.17) is 0 Å². The van der Waals surface area contributed by atoms with Gasteiger partial charge in [0.1, 0.15) is 11.9 Å². The summed E-state index contributed by atoms with van der Waals surface area (Å²) in [6.07, 6.45) is 4.78. The van der Waals surface area contributed by atoms with E-state index in [2.05, 4.69) is 5.32 Å². The van der Waals surface area contributed by atoms with Crippen LogP contribution in [0.5, 0.6) is 0 Å². The lowest BCUT2D eigenvalue weighted by atomic mass is 10.0. The third-order valence-corrected chi connectivity index (χ3v) is 6.44. The molecule has 0 aliphatic heterocycles. The molecule has 1 unspecified atom stereocenters. The maximum Gasteiger partial charge on any atom is 0.243 e. The van der Waals surface area contributed by atoms with Crippen LogP contribution in [0.4, 0.5) is 4.39 Å². The molecule has 1 saturated carbocycles. The fourth-order valence-electron chi connectivity index (χ4n) is 4.58. The van der Waals surface area contributed by atoms with E-state index < -0.39 is 6.04 Å². The summed E-state index contributed by atoms with van der Waals surface area (Å²) in [5.41, 5.74) is 2.67. The summed E-state index contributed by atoms with van der Waals surface area (Å²) < 4.78 is 13.5. The molecule has 1 aliphatic rings. The SMILES string of the molecule is O=C(NC1CCCC1)C(Cc1ccccc1)N(Cc1ccc(F)cc1)C(=O)Cc1ccccc1. The Labute approximate surface area is 200 Å². The summed E-state index contributed by atoms with van der Waals surface area (Å²) in [5, 5.41) is 3.20. The molecule has 0 radical (unpaired) electrons. The first-order valence-corrected chi connectivity index (χ1v) is 12.0. The molecule has 34 heavy (non-hydrogen) atoms. The van der Waals surface area contributed by atoms with Crippen LogP contribution in [0.15, 0.2) is 84.9 Å². The first-order chi connectivity index (χ1) is 16.6. The molecule has 0 heterocycles. The van der Waals surface area contributed by atoms with E-state index in [0.717, 1.165) is 42.4 Å². The molecule has 1 fully saturated rings. The largest absolute Gasteiger partial charge is 0.352 e. The first-order valence-electron chi connectivity index (χ1n) is 12.0. The second kappa shape index (κ2) is 11.6. The van der Waals surface area contributed by atoms with E-state index in [9.17, 15) is 14.0 Å². The van der Waals surface area contributed by atoms with Gasteiger partial charge in [-0.05, 0) is 41.7 Å². The maximum atomic E-state index is 13.6. The fourth-order valence-corrected chi connectivity index (χ4v) is 4.58. The van der Waals surface area contributed by atoms with E-state index in [0.29, 0.717) is 6.42 Å². The molecule has 1 N–H and O–H groups in total. The molecule has 4 nitrogen and oxygen atoms in total. The normalized spacial score (nSPS) is 14.5. The van der Waals surface area contributed by atoms with E-state index in [-0.39, 0.29) is 36.6 Å². The highest BCUT2D eigenvalue weighted by Gasteiger charge is 2.32. The molecule has 2 amide bonds. The average Bonchev–Trinajstić information content (AvgIpc) is 3.36. The van der Waals surface area contributed by atoms with Crippen LogP contribution >= 0.6 is 0 Å². The summed E-state index contributed by atoms with van der Waals surface area (Å²) in [6.45, 7) is 0.238. The highest BCUT2D eigenvalue weighted by Crippen LogP contribution is 2.20. The van der Waals surface area contributed by atoms with Crippen LogP contribution in [0.25, 0.3) is 0 Å². The van der Waals surface area contributed by atoms with Gasteiger partial charge in [-0.25, -0.2) is 4.39 Å². The second-order valence-electron chi connectivity index (χ2n) is 9.01. The predicted octanol–water partition coefficient (Wildman–Crippen LogP) is 5.07. The van der Waals surface area contributed by atoms with Crippen LogP contribution in [0.1, 0.15) is 42.4 Å². The van der Waals surface area contributed by atoms with Gasteiger partial charge >= 0.3 is 0 Å². The Balaban J connectivity index is 1.64. The minimum Gasteiger partial charge on any atom is -0.352 e. The van der Waals surface area contributed by atoms with Gasteiger partial charge in [-0.2, -0.15) is 0 Å². The molecule has 0 bridgehead atoms. The maximum absolute atomic E-state index is 13.6. The summed E-state index contributed by atoms with van der Waals surface area (Å²) >= 11 is 0. The zero-order valence-electron chi connectivity index (χ0n) is 19.3. The zero-order valence-corrected chi connectivity index (χ0v) is 19.3. The topological polar surface area (TPSA) is 49.4 Å². The van der Waals surface area contributed by atoms with Crippen molar-refractivity contribution in [2.24, 2.45) is 0 Å². The third-order valence-electron chi connectivity index (χ3n) is 6.44. The molecule has 1 aliphatic carbocycles. The van der Waals surface area contributed by atoms with E-state index in [1.54, 1.807) is 17.0 Å². The van der Waals surface area contributed by atoms with Crippen LogP contribution in [-0.4, -0.2) is 28.8 Å². The number of rotatable bonds is 9. The molecular weight excluding hydrogens is 427 g/mol. The molecule has 1 atom stereocenters. The van der Waals surface area contributed by atoms with Crippen molar-refractivity contribution in [2.75, 3.05) is 0 Å². The van der Waals surface area contributed by atoms with E-state index in [1.165, 1.54) is 12.1 Å². The lowest BCUT2D eigenvalue weighted by Gasteiger charge is -2.32. The van der Waals surface area contributed by atoms with Crippen molar-refractivity contribution >= 4 is 11.8 Å². The Morgan fingerprint density at radius 1 is 0.824 bits per heavy atom. The smallest absolute Gasteiger partial charge is 0.243 e. The van der Waals surface area contributed by atoms with Gasteiger partial charge in [0.2, 0.25) is 11.8 Å². The van der Waals surface area contributed by atoms with E-state index >= 15 is 0 Å². The lowest BCUT2D eigenvalue weighted by Crippen LogP contribution is -2.52. The highest BCUT2D eigenvalue weighted by atomic mass is 19.1. The zero-order chi connectivity index (χ0) is 23.8. The van der Waals surface area contributed by atoms with Crippen molar-refractivity contribution in [1.82, 2.24) is 10.2 Å². The third kappa shape index (κ3) is 6.53. The Morgan fingerprint density at radius 2 is 1.41 bits per heavy atom. The quantitative estimate of drug-likeness (QED) is 0.487. The number of amides is 2. The molecule has 4 rings (SSSR count). The van der Waals surface area contributed by atoms with Crippen molar-refractivity contribution in [1.29, 1.82) is 0 Å². The molecule has 5 heteroatoms. The van der Waals surface area contributed by atoms with Gasteiger partial charge in [0.15, 0.2) is 0 Å². The molecule has 0 spiro atoms. The van der Waals surface area contributed by atoms with E-state index in [1.807, 2.05) is 60.7 Å². The minimum atomic E-state index is -0.663. The van der Waals surface area contributed by atoms with Gasteiger partial charge in [-0.15, -0.1) is 0 Å². The lowest BCUT2D eigenvalue weighted by molar-refractivity contribution is -0.141. The Hall–Kier alpha value is -3.47. The highest BCUT2D eigenvalue weighted by molar-refractivity contribution is 5.89. The van der Waals surface area contributed by atoms with Crippen LogP contribution in [0.3, 0.4) is 0 Å². The molecule has 176 valence electrons. The van der Waals surface area contributed by atoms with Crippen LogP contribution in [-0.2, 0) is 29.0 Å². The Bertz CT molecular complexity index is 1060. The summed E-state index contributed by atoms with van der Waals surface area (Å²) in [7, 11) is 0. The summed E-state index contributed by atoms with van der Waals surface area (Å²) in [4.78, 5) is 28.9. The predicted molar refractivity (Wildman–Crippen MR) is 131 cm³/mol. The number of carbonyl (C=O) groups excluding carboxylic acids is 2. The monoisotopic (exact) mass is 458 g/mol. The standard InChI is InChI=1S/C29H31FN2O2/c30-25-17-15-24(16-18-25)21-32(28(33)20-23-11-5-2-6-12-23)27(19-22-9-3-1-4-10-22)29(34)31-26-13-7-8-14-26/h1-6,9-12,15-18,26-27H,7-8,13-14,19-21H2,(H,31,34). The Kier molecular flexibility index (Phi) is 8.08. The van der Waals surface area contributed by atoms with Gasteiger partial charge in [0, 0.05) is 19.0 Å².